The average molecular weight is 643 g/mol. The van der Waals surface area contributed by atoms with Gasteiger partial charge in [-0.05, 0) is 43.2 Å². The van der Waals surface area contributed by atoms with E-state index in [2.05, 4.69) is 15.6 Å². The number of carbonyl (C=O) groups excluding carboxylic acids is 3. The van der Waals surface area contributed by atoms with Crippen LogP contribution in [0.2, 0.25) is 0 Å². The first-order chi connectivity index (χ1) is 21.4. The van der Waals surface area contributed by atoms with Crippen LogP contribution in [0.15, 0.2) is 29.8 Å². The molecular weight excluding hydrogens is 588 g/mol. The van der Waals surface area contributed by atoms with E-state index < -0.39 is 23.6 Å². The normalized spacial score (nSPS) is 18.1. The number of hydrogen-bond acceptors (Lipinski definition) is 7. The second-order valence-electron chi connectivity index (χ2n) is 13.5. The number of nitrogens with zero attached hydrogens (tertiary/aromatic N) is 2. The van der Waals surface area contributed by atoms with Crippen LogP contribution in [-0.4, -0.2) is 69.2 Å². The molecular formula is C35H54N4O5S. The third-order valence-corrected chi connectivity index (χ3v) is 9.60. The zero-order chi connectivity index (χ0) is 33.0. The molecule has 3 unspecified atom stereocenters. The summed E-state index contributed by atoms with van der Waals surface area (Å²) in [7, 11) is 0. The minimum Gasteiger partial charge on any atom is -0.396 e. The molecule has 3 rings (SSSR count). The van der Waals surface area contributed by atoms with Crippen LogP contribution in [0.3, 0.4) is 0 Å². The van der Waals surface area contributed by atoms with Crippen LogP contribution in [0.5, 0.6) is 0 Å². The molecule has 2 aromatic rings. The van der Waals surface area contributed by atoms with Gasteiger partial charge in [0.15, 0.2) is 0 Å². The van der Waals surface area contributed by atoms with Crippen LogP contribution in [0.1, 0.15) is 116 Å². The lowest BCUT2D eigenvalue weighted by molar-refractivity contribution is -0.144. The van der Waals surface area contributed by atoms with Gasteiger partial charge in [0.1, 0.15) is 12.1 Å². The van der Waals surface area contributed by atoms with Crippen molar-refractivity contribution in [1.82, 2.24) is 20.5 Å². The van der Waals surface area contributed by atoms with Gasteiger partial charge in [0.05, 0.1) is 28.2 Å². The maximum Gasteiger partial charge on any atom is 0.246 e. The van der Waals surface area contributed by atoms with Crippen molar-refractivity contribution < 1.29 is 24.6 Å². The van der Waals surface area contributed by atoms with E-state index in [9.17, 15) is 19.5 Å². The largest absolute Gasteiger partial charge is 0.396 e. The lowest BCUT2D eigenvalue weighted by Crippen LogP contribution is -2.57. The van der Waals surface area contributed by atoms with Crippen molar-refractivity contribution in [1.29, 1.82) is 0 Å². The Kier molecular flexibility index (Phi) is 14.5. The Hall–Kier alpha value is -2.82. The van der Waals surface area contributed by atoms with E-state index in [1.165, 1.54) is 17.7 Å². The maximum atomic E-state index is 13.9. The molecule has 1 aliphatic rings. The SMILES string of the molecule is Cc1ncsc1-c1ccc([C@H](C)NC(=O)C2CC(O)CN2C(=O)C(NC(=O)CCCCCCCCCCCO)C(C)(C)C)cc1. The molecule has 1 saturated heterocycles. The van der Waals surface area contributed by atoms with Gasteiger partial charge in [-0.3, -0.25) is 14.4 Å². The highest BCUT2D eigenvalue weighted by molar-refractivity contribution is 7.13. The summed E-state index contributed by atoms with van der Waals surface area (Å²) in [5, 5.41) is 25.4. The van der Waals surface area contributed by atoms with Gasteiger partial charge in [0.2, 0.25) is 17.7 Å². The van der Waals surface area contributed by atoms with E-state index >= 15 is 0 Å². The fourth-order valence-corrected chi connectivity index (χ4v) is 6.70. The summed E-state index contributed by atoms with van der Waals surface area (Å²) < 4.78 is 0. The number of nitrogens with one attached hydrogen (secondary N) is 2. The van der Waals surface area contributed by atoms with Gasteiger partial charge >= 0.3 is 0 Å². The van der Waals surface area contributed by atoms with E-state index in [0.717, 1.165) is 66.6 Å². The predicted molar refractivity (Wildman–Crippen MR) is 180 cm³/mol. The standard InChI is InChI=1S/C35H54N4O5S/c1-24(26-16-18-27(19-17-26)31-25(2)36-23-45-31)37-33(43)29-21-28(41)22-39(29)34(44)32(35(3,4)5)38-30(42)15-13-11-9-7-6-8-10-12-14-20-40/h16-19,23-24,28-29,32,40-41H,6-15,20-22H2,1-5H3,(H,37,43)(H,38,42)/t24-,28?,29?,32?/m0/s1. The fourth-order valence-electron chi connectivity index (χ4n) is 5.88. The number of aromatic nitrogens is 1. The smallest absolute Gasteiger partial charge is 0.246 e. The second-order valence-corrected chi connectivity index (χ2v) is 14.4. The van der Waals surface area contributed by atoms with E-state index in [1.807, 2.05) is 64.4 Å². The monoisotopic (exact) mass is 642 g/mol. The number of rotatable bonds is 17. The molecule has 1 aromatic carbocycles. The quantitative estimate of drug-likeness (QED) is 0.164. The molecule has 250 valence electrons. The van der Waals surface area contributed by atoms with Gasteiger partial charge in [-0.25, -0.2) is 4.98 Å². The number of aryl methyl sites for hydroxylation is 1. The molecule has 0 radical (unpaired) electrons. The first-order valence-electron chi connectivity index (χ1n) is 16.6. The molecule has 2 heterocycles. The summed E-state index contributed by atoms with van der Waals surface area (Å²) in [5.41, 5.74) is 4.24. The van der Waals surface area contributed by atoms with E-state index in [1.54, 1.807) is 11.3 Å². The van der Waals surface area contributed by atoms with Gasteiger partial charge in [0.25, 0.3) is 0 Å². The molecule has 4 atom stereocenters. The van der Waals surface area contributed by atoms with E-state index in [-0.39, 0.29) is 43.3 Å². The lowest BCUT2D eigenvalue weighted by atomic mass is 9.85. The molecule has 4 N–H and O–H groups in total. The molecule has 0 bridgehead atoms. The third-order valence-electron chi connectivity index (χ3n) is 8.62. The van der Waals surface area contributed by atoms with Crippen LogP contribution in [0.4, 0.5) is 0 Å². The Balaban J connectivity index is 1.53. The molecule has 0 saturated carbocycles. The van der Waals surface area contributed by atoms with Crippen LogP contribution < -0.4 is 10.6 Å². The molecule has 0 spiro atoms. The number of aliphatic hydroxyl groups is 2. The van der Waals surface area contributed by atoms with Crippen LogP contribution in [-0.2, 0) is 14.4 Å². The highest BCUT2D eigenvalue weighted by Gasteiger charge is 2.44. The van der Waals surface area contributed by atoms with Gasteiger partial charge < -0.3 is 25.7 Å². The summed E-state index contributed by atoms with van der Waals surface area (Å²) in [6, 6.07) is 6.08. The summed E-state index contributed by atoms with van der Waals surface area (Å²) in [4.78, 5) is 47.1. The number of β-amino-alcohol motifs (C(OH)–C–C–N with tert-alkyl or cyclic N) is 1. The minimum atomic E-state index is -0.820. The van der Waals surface area contributed by atoms with Crippen molar-refractivity contribution in [2.75, 3.05) is 13.2 Å². The molecule has 1 aliphatic heterocycles. The molecule has 3 amide bonds. The third kappa shape index (κ3) is 11.2. The number of likely N-dealkylation sites (tertiary alicyclic amines) is 1. The van der Waals surface area contributed by atoms with Gasteiger partial charge in [-0.1, -0.05) is 90.0 Å². The Labute approximate surface area is 273 Å². The van der Waals surface area contributed by atoms with Crippen LogP contribution in [0, 0.1) is 12.3 Å². The summed E-state index contributed by atoms with van der Waals surface area (Å²) in [6.07, 6.45) is 9.09. The molecule has 1 fully saturated rings. The number of aliphatic hydroxyl groups excluding tert-OH is 2. The number of thiazole rings is 1. The number of amides is 3. The summed E-state index contributed by atoms with van der Waals surface area (Å²) in [6.45, 7) is 9.90. The average Bonchev–Trinajstić information content (AvgIpc) is 3.61. The Morgan fingerprint density at radius 1 is 0.978 bits per heavy atom. The lowest BCUT2D eigenvalue weighted by Gasteiger charge is -2.35. The van der Waals surface area contributed by atoms with Crippen molar-refractivity contribution in [2.24, 2.45) is 5.41 Å². The minimum absolute atomic E-state index is 0.0522. The number of hydrogen-bond donors (Lipinski definition) is 4. The number of carbonyl (C=O) groups is 3. The summed E-state index contributed by atoms with van der Waals surface area (Å²) >= 11 is 1.59. The van der Waals surface area contributed by atoms with Crippen molar-refractivity contribution in [3.8, 4) is 10.4 Å². The zero-order valence-corrected chi connectivity index (χ0v) is 28.6. The zero-order valence-electron chi connectivity index (χ0n) is 27.8. The van der Waals surface area contributed by atoms with Crippen LogP contribution >= 0.6 is 11.3 Å². The number of unbranched alkanes of at least 4 members (excludes halogenated alkanes) is 8. The predicted octanol–water partition coefficient (Wildman–Crippen LogP) is 5.68. The first kappa shape index (κ1) is 36.6. The Bertz CT molecular complexity index is 1230. The molecule has 0 aliphatic carbocycles. The molecule has 45 heavy (non-hydrogen) atoms. The van der Waals surface area contributed by atoms with Gasteiger partial charge in [0, 0.05) is 26.0 Å². The molecule has 10 heteroatoms. The van der Waals surface area contributed by atoms with Crippen molar-refractivity contribution in [3.63, 3.8) is 0 Å². The summed E-state index contributed by atoms with van der Waals surface area (Å²) in [5.74, 6) is -0.827. The molecule has 9 nitrogen and oxygen atoms in total. The van der Waals surface area contributed by atoms with E-state index in [0.29, 0.717) is 6.42 Å². The topological polar surface area (TPSA) is 132 Å². The van der Waals surface area contributed by atoms with Gasteiger partial charge in [-0.2, -0.15) is 0 Å². The highest BCUT2D eigenvalue weighted by Crippen LogP contribution is 2.29. The number of benzene rings is 1. The Morgan fingerprint density at radius 2 is 1.58 bits per heavy atom. The van der Waals surface area contributed by atoms with Crippen molar-refractivity contribution >= 4 is 29.1 Å². The van der Waals surface area contributed by atoms with Crippen LogP contribution in [0.25, 0.3) is 10.4 Å². The maximum absolute atomic E-state index is 13.9. The highest BCUT2D eigenvalue weighted by atomic mass is 32.1. The van der Waals surface area contributed by atoms with Crippen molar-refractivity contribution in [3.05, 3.63) is 41.0 Å². The van der Waals surface area contributed by atoms with Gasteiger partial charge in [-0.15, -0.1) is 11.3 Å². The van der Waals surface area contributed by atoms with Crippen molar-refractivity contribution in [2.45, 2.75) is 129 Å². The second kappa shape index (κ2) is 17.8. The fraction of sp³-hybridized carbons (Fsp3) is 0.657. The molecule has 1 aromatic heterocycles. The van der Waals surface area contributed by atoms with E-state index in [4.69, 9.17) is 5.11 Å². The first-order valence-corrected chi connectivity index (χ1v) is 17.5. The Morgan fingerprint density at radius 3 is 2.13 bits per heavy atom.